The molecule has 2 aromatic rings. The summed E-state index contributed by atoms with van der Waals surface area (Å²) in [6.07, 6.45) is 6.21. The maximum Gasteiger partial charge on any atom is 0.184 e. The number of allylic oxidation sites excluding steroid dienone is 2. The number of hydrazine groups is 1. The number of rotatable bonds is 5. The molecule has 0 N–H and O–H groups in total. The van der Waals surface area contributed by atoms with Crippen molar-refractivity contribution in [2.24, 2.45) is 0 Å². The van der Waals surface area contributed by atoms with Crippen LogP contribution in [0.4, 0.5) is 11.4 Å². The SMILES string of the molecule is CC/C=C/C(=O)C1=CN(c2ccccc2)N(c2ccc(Cl)c(Cl)c2)C1. The standard InChI is InChI=1S/C20H18Cl2N2O/c1-2-3-9-20(25)15-13-23(16-7-5-4-6-8-16)24(14-15)17-10-11-18(21)19(22)12-17/h3-13H,2,14H2,1H3/b9-3+. The van der Waals surface area contributed by atoms with Crippen LogP contribution in [0.5, 0.6) is 0 Å². The molecule has 3 nitrogen and oxygen atoms in total. The van der Waals surface area contributed by atoms with Crippen LogP contribution in [0.1, 0.15) is 13.3 Å². The van der Waals surface area contributed by atoms with Crippen molar-refractivity contribution in [3.8, 4) is 0 Å². The number of carbonyl (C=O) groups is 1. The third-order valence-electron chi connectivity index (χ3n) is 3.90. The van der Waals surface area contributed by atoms with Crippen LogP contribution in [0.15, 0.2) is 72.5 Å². The molecule has 2 aromatic carbocycles. The molecule has 0 atom stereocenters. The van der Waals surface area contributed by atoms with E-state index in [-0.39, 0.29) is 5.78 Å². The van der Waals surface area contributed by atoms with Crippen LogP contribution in [0.2, 0.25) is 10.0 Å². The van der Waals surface area contributed by atoms with Crippen molar-refractivity contribution < 1.29 is 4.79 Å². The molecule has 3 rings (SSSR count). The summed E-state index contributed by atoms with van der Waals surface area (Å²) in [4.78, 5) is 12.4. The lowest BCUT2D eigenvalue weighted by Crippen LogP contribution is -2.35. The molecule has 0 spiro atoms. The number of ketones is 1. The minimum Gasteiger partial charge on any atom is -0.290 e. The van der Waals surface area contributed by atoms with Gasteiger partial charge >= 0.3 is 0 Å². The number of nitrogens with zero attached hydrogens (tertiary/aromatic N) is 2. The van der Waals surface area contributed by atoms with Crippen LogP contribution in [-0.2, 0) is 4.79 Å². The molecule has 128 valence electrons. The van der Waals surface area contributed by atoms with Crippen LogP contribution >= 0.6 is 23.2 Å². The highest BCUT2D eigenvalue weighted by Crippen LogP contribution is 2.33. The molecular weight excluding hydrogens is 355 g/mol. The molecule has 0 aromatic heterocycles. The lowest BCUT2D eigenvalue weighted by atomic mass is 10.1. The Morgan fingerprint density at radius 2 is 1.84 bits per heavy atom. The lowest BCUT2D eigenvalue weighted by molar-refractivity contribution is -0.111. The molecular formula is C20H18Cl2N2O. The van der Waals surface area contributed by atoms with E-state index in [1.54, 1.807) is 12.1 Å². The monoisotopic (exact) mass is 372 g/mol. The van der Waals surface area contributed by atoms with E-state index in [1.165, 1.54) is 0 Å². The van der Waals surface area contributed by atoms with Crippen molar-refractivity contribution in [3.05, 3.63) is 82.5 Å². The summed E-state index contributed by atoms with van der Waals surface area (Å²) in [6, 6.07) is 15.4. The van der Waals surface area contributed by atoms with E-state index in [0.717, 1.165) is 23.4 Å². The molecule has 1 aliphatic rings. The van der Waals surface area contributed by atoms with Gasteiger partial charge in [-0.2, -0.15) is 0 Å². The fourth-order valence-electron chi connectivity index (χ4n) is 2.63. The second kappa shape index (κ2) is 7.77. The number of hydrogen-bond donors (Lipinski definition) is 0. The number of carbonyl (C=O) groups excluding carboxylic acids is 1. The molecule has 0 bridgehead atoms. The normalized spacial score (nSPS) is 14.3. The van der Waals surface area contributed by atoms with E-state index in [0.29, 0.717) is 16.6 Å². The highest BCUT2D eigenvalue weighted by atomic mass is 35.5. The summed E-state index contributed by atoms with van der Waals surface area (Å²) < 4.78 is 0. The van der Waals surface area contributed by atoms with Crippen LogP contribution < -0.4 is 10.0 Å². The molecule has 1 heterocycles. The molecule has 0 unspecified atom stereocenters. The van der Waals surface area contributed by atoms with E-state index in [1.807, 2.05) is 71.7 Å². The average molecular weight is 373 g/mol. The topological polar surface area (TPSA) is 23.6 Å². The van der Waals surface area contributed by atoms with Gasteiger partial charge in [-0.1, -0.05) is 54.4 Å². The summed E-state index contributed by atoms with van der Waals surface area (Å²) in [5.74, 6) is 0.0188. The number of hydrogen-bond acceptors (Lipinski definition) is 3. The molecule has 0 radical (unpaired) electrons. The van der Waals surface area contributed by atoms with Crippen molar-refractivity contribution in [1.29, 1.82) is 0 Å². The Kier molecular flexibility index (Phi) is 5.47. The third kappa shape index (κ3) is 3.89. The van der Waals surface area contributed by atoms with Gasteiger partial charge in [0.1, 0.15) is 0 Å². The Labute approximate surface area is 157 Å². The zero-order chi connectivity index (χ0) is 17.8. The zero-order valence-electron chi connectivity index (χ0n) is 13.8. The lowest BCUT2D eigenvalue weighted by Gasteiger charge is -2.31. The Hall–Kier alpha value is -2.23. The van der Waals surface area contributed by atoms with Crippen LogP contribution in [0.3, 0.4) is 0 Å². The van der Waals surface area contributed by atoms with Crippen LogP contribution in [0, 0.1) is 0 Å². The fourth-order valence-corrected chi connectivity index (χ4v) is 2.92. The predicted molar refractivity (Wildman–Crippen MR) is 105 cm³/mol. The summed E-state index contributed by atoms with van der Waals surface area (Å²) in [6.45, 7) is 2.48. The van der Waals surface area contributed by atoms with Crippen LogP contribution in [-0.4, -0.2) is 12.3 Å². The zero-order valence-corrected chi connectivity index (χ0v) is 15.3. The fraction of sp³-hybridized carbons (Fsp3) is 0.150. The van der Waals surface area contributed by atoms with Gasteiger partial charge < -0.3 is 0 Å². The van der Waals surface area contributed by atoms with Crippen molar-refractivity contribution in [2.75, 3.05) is 16.6 Å². The first kappa shape index (κ1) is 17.6. The van der Waals surface area contributed by atoms with Gasteiger partial charge in [0.05, 0.1) is 28.0 Å². The average Bonchev–Trinajstić information content (AvgIpc) is 3.08. The van der Waals surface area contributed by atoms with Gasteiger partial charge in [-0.15, -0.1) is 0 Å². The molecule has 25 heavy (non-hydrogen) atoms. The number of para-hydroxylation sites is 1. The van der Waals surface area contributed by atoms with Crippen molar-refractivity contribution in [2.45, 2.75) is 13.3 Å². The third-order valence-corrected chi connectivity index (χ3v) is 4.64. The summed E-state index contributed by atoms with van der Waals surface area (Å²) in [5, 5.41) is 4.96. The molecule has 0 saturated heterocycles. The van der Waals surface area contributed by atoms with Crippen molar-refractivity contribution in [3.63, 3.8) is 0 Å². The van der Waals surface area contributed by atoms with Gasteiger partial charge in [0, 0.05) is 11.8 Å². The van der Waals surface area contributed by atoms with Gasteiger partial charge in [0.15, 0.2) is 5.78 Å². The molecule has 0 amide bonds. The van der Waals surface area contributed by atoms with Gasteiger partial charge in [0.2, 0.25) is 0 Å². The summed E-state index contributed by atoms with van der Waals surface area (Å²) in [7, 11) is 0. The van der Waals surface area contributed by atoms with Gasteiger partial charge in [0.25, 0.3) is 0 Å². The predicted octanol–water partition coefficient (Wildman–Crippen LogP) is 5.65. The second-order valence-corrected chi connectivity index (χ2v) is 6.48. The van der Waals surface area contributed by atoms with E-state index in [4.69, 9.17) is 23.2 Å². The first-order valence-corrected chi connectivity index (χ1v) is 8.84. The molecule has 0 saturated carbocycles. The minimum absolute atomic E-state index is 0.0188. The first-order chi connectivity index (χ1) is 12.1. The molecule has 0 aliphatic carbocycles. The highest BCUT2D eigenvalue weighted by Gasteiger charge is 2.26. The number of anilines is 2. The highest BCUT2D eigenvalue weighted by molar-refractivity contribution is 6.42. The van der Waals surface area contributed by atoms with E-state index in [9.17, 15) is 4.79 Å². The second-order valence-electron chi connectivity index (χ2n) is 5.67. The molecule has 1 aliphatic heterocycles. The van der Waals surface area contributed by atoms with E-state index >= 15 is 0 Å². The van der Waals surface area contributed by atoms with Crippen molar-refractivity contribution >= 4 is 40.4 Å². The van der Waals surface area contributed by atoms with Crippen molar-refractivity contribution in [1.82, 2.24) is 0 Å². The van der Waals surface area contributed by atoms with Gasteiger partial charge in [-0.25, -0.2) is 0 Å². The molecule has 5 heteroatoms. The first-order valence-electron chi connectivity index (χ1n) is 8.08. The Morgan fingerprint density at radius 1 is 1.08 bits per heavy atom. The Morgan fingerprint density at radius 3 is 2.52 bits per heavy atom. The van der Waals surface area contributed by atoms with Gasteiger partial charge in [-0.05, 0) is 42.8 Å². The molecule has 0 fully saturated rings. The largest absolute Gasteiger partial charge is 0.290 e. The van der Waals surface area contributed by atoms with Gasteiger partial charge in [-0.3, -0.25) is 14.8 Å². The summed E-state index contributed by atoms with van der Waals surface area (Å²) in [5.41, 5.74) is 2.56. The number of benzene rings is 2. The maximum atomic E-state index is 12.4. The smallest absolute Gasteiger partial charge is 0.184 e. The van der Waals surface area contributed by atoms with E-state index in [2.05, 4.69) is 0 Å². The summed E-state index contributed by atoms with van der Waals surface area (Å²) >= 11 is 12.2. The van der Waals surface area contributed by atoms with Crippen LogP contribution in [0.25, 0.3) is 0 Å². The quantitative estimate of drug-likeness (QED) is 0.633. The Balaban J connectivity index is 1.97. The maximum absolute atomic E-state index is 12.4. The minimum atomic E-state index is 0.0188. The Bertz CT molecular complexity index is 831. The number of halogens is 2. The van der Waals surface area contributed by atoms with E-state index < -0.39 is 0 Å².